The van der Waals surface area contributed by atoms with Gasteiger partial charge in [0, 0.05) is 19.1 Å². The lowest BCUT2D eigenvalue weighted by Gasteiger charge is -2.23. The molecule has 2 atom stereocenters. The highest BCUT2D eigenvalue weighted by molar-refractivity contribution is 7.89. The second-order valence-corrected chi connectivity index (χ2v) is 7.55. The third-order valence-corrected chi connectivity index (χ3v) is 5.49. The second kappa shape index (κ2) is 6.39. The molecule has 1 N–H and O–H groups in total. The Hall–Kier alpha value is -1.38. The average molecular weight is 329 g/mol. The summed E-state index contributed by atoms with van der Waals surface area (Å²) in [4.78, 5) is 16.4. The number of amides is 1. The van der Waals surface area contributed by atoms with Crippen molar-refractivity contribution in [3.05, 3.63) is 17.9 Å². The maximum Gasteiger partial charge on any atom is 0.289 e. The standard InChI is InChI=1S/C14H23N3O4S/c1-5-10-8-17(9-11(10)16(3)4)14(18)12-6-7-13(21-12)22(19,20)15-2/h6-7,10-11,15H,5,8-9H2,1-4H3. The first-order valence-electron chi connectivity index (χ1n) is 7.29. The van der Waals surface area contributed by atoms with Crippen molar-refractivity contribution in [2.45, 2.75) is 24.5 Å². The zero-order chi connectivity index (χ0) is 16.5. The highest BCUT2D eigenvalue weighted by atomic mass is 32.2. The number of carbonyl (C=O) groups excluding carboxylic acids is 1. The lowest BCUT2D eigenvalue weighted by Crippen LogP contribution is -2.36. The van der Waals surface area contributed by atoms with Gasteiger partial charge in [0.2, 0.25) is 5.09 Å². The summed E-state index contributed by atoms with van der Waals surface area (Å²) in [6.07, 6.45) is 0.990. The molecule has 0 spiro atoms. The molecule has 8 heteroatoms. The summed E-state index contributed by atoms with van der Waals surface area (Å²) < 4.78 is 30.7. The Bertz CT molecular complexity index is 638. The van der Waals surface area contributed by atoms with Crippen molar-refractivity contribution in [2.24, 2.45) is 5.92 Å². The SMILES string of the molecule is CCC1CN(C(=O)c2ccc(S(=O)(=O)NC)o2)CC1N(C)C. The number of likely N-dealkylation sites (tertiary alicyclic amines) is 1. The molecule has 0 aromatic carbocycles. The van der Waals surface area contributed by atoms with Crippen LogP contribution in [0.2, 0.25) is 0 Å². The van der Waals surface area contributed by atoms with E-state index in [2.05, 4.69) is 16.5 Å². The summed E-state index contributed by atoms with van der Waals surface area (Å²) in [6.45, 7) is 3.39. The molecule has 1 aliphatic rings. The summed E-state index contributed by atoms with van der Waals surface area (Å²) in [5, 5.41) is -0.242. The van der Waals surface area contributed by atoms with Gasteiger partial charge in [-0.3, -0.25) is 4.79 Å². The van der Waals surface area contributed by atoms with Gasteiger partial charge in [-0.15, -0.1) is 0 Å². The molecule has 124 valence electrons. The smallest absolute Gasteiger partial charge is 0.289 e. The number of furan rings is 1. The molecule has 1 amide bonds. The van der Waals surface area contributed by atoms with Crippen LogP contribution in [-0.2, 0) is 10.0 Å². The molecule has 2 heterocycles. The molecule has 1 saturated heterocycles. The molecular weight excluding hydrogens is 306 g/mol. The van der Waals surface area contributed by atoms with Gasteiger partial charge in [0.05, 0.1) is 0 Å². The van der Waals surface area contributed by atoms with Crippen molar-refractivity contribution >= 4 is 15.9 Å². The van der Waals surface area contributed by atoms with Gasteiger partial charge in [0.15, 0.2) is 5.76 Å². The van der Waals surface area contributed by atoms with E-state index in [1.165, 1.54) is 19.2 Å². The number of likely N-dealkylation sites (N-methyl/N-ethyl adjacent to an activating group) is 1. The van der Waals surface area contributed by atoms with Gasteiger partial charge in [-0.1, -0.05) is 13.3 Å². The van der Waals surface area contributed by atoms with E-state index in [0.29, 0.717) is 25.0 Å². The molecule has 0 bridgehead atoms. The number of hydrogen-bond acceptors (Lipinski definition) is 5. The van der Waals surface area contributed by atoms with E-state index in [-0.39, 0.29) is 16.8 Å². The molecule has 1 aromatic rings. The van der Waals surface area contributed by atoms with Crippen molar-refractivity contribution in [3.8, 4) is 0 Å². The van der Waals surface area contributed by atoms with Crippen molar-refractivity contribution in [1.82, 2.24) is 14.5 Å². The number of sulfonamides is 1. The third kappa shape index (κ3) is 3.18. The maximum absolute atomic E-state index is 12.5. The molecule has 1 aromatic heterocycles. The largest absolute Gasteiger partial charge is 0.438 e. The normalized spacial score (nSPS) is 22.5. The van der Waals surface area contributed by atoms with Crippen LogP contribution in [-0.4, -0.2) is 64.4 Å². The van der Waals surface area contributed by atoms with Gasteiger partial charge >= 0.3 is 0 Å². The summed E-state index contributed by atoms with van der Waals surface area (Å²) in [5.41, 5.74) is 0. The van der Waals surface area contributed by atoms with Crippen LogP contribution in [0.1, 0.15) is 23.9 Å². The predicted octanol–water partition coefficient (Wildman–Crippen LogP) is 0.600. The summed E-state index contributed by atoms with van der Waals surface area (Å²) in [6, 6.07) is 3.02. The van der Waals surface area contributed by atoms with Gasteiger partial charge in [0.1, 0.15) is 0 Å². The van der Waals surface area contributed by atoms with Gasteiger partial charge in [-0.2, -0.15) is 0 Å². The first-order valence-corrected chi connectivity index (χ1v) is 8.77. The number of carbonyl (C=O) groups is 1. The van der Waals surface area contributed by atoms with Crippen LogP contribution in [0.4, 0.5) is 0 Å². The highest BCUT2D eigenvalue weighted by Gasteiger charge is 2.36. The summed E-state index contributed by atoms with van der Waals surface area (Å²) in [5.74, 6) is 0.206. The Balaban J connectivity index is 2.16. The number of rotatable bonds is 5. The van der Waals surface area contributed by atoms with E-state index in [9.17, 15) is 13.2 Å². The third-order valence-electron chi connectivity index (χ3n) is 4.21. The van der Waals surface area contributed by atoms with E-state index in [1.807, 2.05) is 14.1 Å². The molecule has 7 nitrogen and oxygen atoms in total. The molecule has 22 heavy (non-hydrogen) atoms. The van der Waals surface area contributed by atoms with E-state index < -0.39 is 10.0 Å². The minimum absolute atomic E-state index is 0.0584. The Morgan fingerprint density at radius 2 is 2.09 bits per heavy atom. The van der Waals surface area contributed by atoms with Crippen molar-refractivity contribution in [2.75, 3.05) is 34.2 Å². The quantitative estimate of drug-likeness (QED) is 0.855. The summed E-state index contributed by atoms with van der Waals surface area (Å²) >= 11 is 0. The highest BCUT2D eigenvalue weighted by Crippen LogP contribution is 2.25. The Kier molecular flexibility index (Phi) is 4.93. The van der Waals surface area contributed by atoms with Crippen LogP contribution in [0, 0.1) is 5.92 Å². The maximum atomic E-state index is 12.5. The van der Waals surface area contributed by atoms with Crippen LogP contribution < -0.4 is 4.72 Å². The molecule has 2 rings (SSSR count). The van der Waals surface area contributed by atoms with Crippen molar-refractivity contribution in [3.63, 3.8) is 0 Å². The minimum atomic E-state index is -3.67. The lowest BCUT2D eigenvalue weighted by atomic mass is 10.0. The fourth-order valence-electron chi connectivity index (χ4n) is 2.84. The Labute approximate surface area is 131 Å². The van der Waals surface area contributed by atoms with Crippen LogP contribution >= 0.6 is 0 Å². The van der Waals surface area contributed by atoms with Gasteiger partial charge in [-0.25, -0.2) is 13.1 Å². The van der Waals surface area contributed by atoms with Crippen LogP contribution in [0.15, 0.2) is 21.6 Å². The zero-order valence-corrected chi connectivity index (χ0v) is 14.2. The second-order valence-electron chi connectivity index (χ2n) is 5.74. The van der Waals surface area contributed by atoms with E-state index in [4.69, 9.17) is 4.42 Å². The van der Waals surface area contributed by atoms with E-state index in [1.54, 1.807) is 4.90 Å². The molecule has 1 aliphatic heterocycles. The van der Waals surface area contributed by atoms with Crippen LogP contribution in [0.5, 0.6) is 0 Å². The average Bonchev–Trinajstić information content (AvgIpc) is 3.13. The van der Waals surface area contributed by atoms with Crippen molar-refractivity contribution in [1.29, 1.82) is 0 Å². The Morgan fingerprint density at radius 1 is 1.41 bits per heavy atom. The van der Waals surface area contributed by atoms with Crippen LogP contribution in [0.3, 0.4) is 0 Å². The van der Waals surface area contributed by atoms with E-state index >= 15 is 0 Å². The Morgan fingerprint density at radius 3 is 2.59 bits per heavy atom. The first-order chi connectivity index (χ1) is 10.3. The van der Waals surface area contributed by atoms with Crippen LogP contribution in [0.25, 0.3) is 0 Å². The first kappa shape index (κ1) is 17.0. The molecule has 0 aliphatic carbocycles. The zero-order valence-electron chi connectivity index (χ0n) is 13.4. The number of nitrogens with zero attached hydrogens (tertiary/aromatic N) is 2. The number of hydrogen-bond donors (Lipinski definition) is 1. The molecule has 1 fully saturated rings. The molecule has 0 radical (unpaired) electrons. The summed E-state index contributed by atoms with van der Waals surface area (Å²) in [7, 11) is 1.64. The monoisotopic (exact) mass is 329 g/mol. The van der Waals surface area contributed by atoms with E-state index in [0.717, 1.165) is 6.42 Å². The molecule has 0 saturated carbocycles. The molecule has 2 unspecified atom stereocenters. The fraction of sp³-hybridized carbons (Fsp3) is 0.643. The topological polar surface area (TPSA) is 82.9 Å². The minimum Gasteiger partial charge on any atom is -0.438 e. The predicted molar refractivity (Wildman–Crippen MR) is 82.1 cm³/mol. The van der Waals surface area contributed by atoms with Gasteiger partial charge < -0.3 is 14.2 Å². The van der Waals surface area contributed by atoms with Crippen molar-refractivity contribution < 1.29 is 17.6 Å². The lowest BCUT2D eigenvalue weighted by molar-refractivity contribution is 0.0743. The molecular formula is C14H23N3O4S. The number of nitrogens with one attached hydrogen (secondary N) is 1. The fourth-order valence-corrected chi connectivity index (χ4v) is 3.49. The van der Waals surface area contributed by atoms with Gasteiger partial charge in [0.25, 0.3) is 15.9 Å². The van der Waals surface area contributed by atoms with Gasteiger partial charge in [-0.05, 0) is 39.2 Å².